The van der Waals surface area contributed by atoms with E-state index in [1.165, 1.54) is 12.4 Å². The predicted octanol–water partition coefficient (Wildman–Crippen LogP) is 1.99. The highest BCUT2D eigenvalue weighted by atomic mass is 19.2. The van der Waals surface area contributed by atoms with Gasteiger partial charge in [-0.15, -0.1) is 0 Å². The number of hydrogen-bond donors (Lipinski definition) is 1. The summed E-state index contributed by atoms with van der Waals surface area (Å²) in [4.78, 5) is 4.11. The molecule has 0 bridgehead atoms. The molecule has 1 aromatic heterocycles. The number of aryl methyl sites for hydroxylation is 1. The normalized spacial score (nSPS) is 12.6. The van der Waals surface area contributed by atoms with E-state index >= 15 is 0 Å². The SMILES string of the molecule is CCNC(Cc1ncnn1C)c1cccc(F)c1F. The zero-order chi connectivity index (χ0) is 13.8. The lowest BCUT2D eigenvalue weighted by atomic mass is 10.0. The fourth-order valence-electron chi connectivity index (χ4n) is 2.02. The molecule has 0 amide bonds. The van der Waals surface area contributed by atoms with Crippen LogP contribution in [0.2, 0.25) is 0 Å². The van der Waals surface area contributed by atoms with Crippen LogP contribution in [-0.2, 0) is 13.5 Å². The van der Waals surface area contributed by atoms with Crippen molar-refractivity contribution < 1.29 is 8.78 Å². The number of hydrogen-bond acceptors (Lipinski definition) is 3. The summed E-state index contributed by atoms with van der Waals surface area (Å²) in [6.07, 6.45) is 1.89. The minimum atomic E-state index is -0.835. The van der Waals surface area contributed by atoms with E-state index < -0.39 is 11.6 Å². The monoisotopic (exact) mass is 266 g/mol. The highest BCUT2D eigenvalue weighted by molar-refractivity contribution is 5.23. The standard InChI is InChI=1S/C13H16F2N4/c1-3-16-11(7-12-17-8-18-19(12)2)9-5-4-6-10(14)13(9)15/h4-6,8,11,16H,3,7H2,1-2H3. The molecule has 2 aromatic rings. The van der Waals surface area contributed by atoms with Crippen molar-refractivity contribution in [2.45, 2.75) is 19.4 Å². The first-order chi connectivity index (χ1) is 9.13. The highest BCUT2D eigenvalue weighted by Crippen LogP contribution is 2.22. The van der Waals surface area contributed by atoms with E-state index in [0.717, 1.165) is 11.9 Å². The molecule has 0 fully saturated rings. The Bertz CT molecular complexity index is 553. The smallest absolute Gasteiger partial charge is 0.163 e. The molecule has 0 spiro atoms. The number of benzene rings is 1. The van der Waals surface area contributed by atoms with Gasteiger partial charge in [-0.2, -0.15) is 5.10 Å². The van der Waals surface area contributed by atoms with Gasteiger partial charge < -0.3 is 5.32 Å². The molecule has 1 N–H and O–H groups in total. The second-order valence-corrected chi connectivity index (χ2v) is 4.26. The largest absolute Gasteiger partial charge is 0.310 e. The first-order valence-electron chi connectivity index (χ1n) is 6.13. The average molecular weight is 266 g/mol. The number of likely N-dealkylation sites (N-methyl/N-ethyl adjacent to an activating group) is 1. The molecular weight excluding hydrogens is 250 g/mol. The Morgan fingerprint density at radius 3 is 2.79 bits per heavy atom. The van der Waals surface area contributed by atoms with Crippen LogP contribution in [0.5, 0.6) is 0 Å². The third-order valence-corrected chi connectivity index (χ3v) is 3.00. The second-order valence-electron chi connectivity index (χ2n) is 4.26. The summed E-state index contributed by atoms with van der Waals surface area (Å²) in [7, 11) is 1.77. The van der Waals surface area contributed by atoms with Gasteiger partial charge in [0.2, 0.25) is 0 Å². The van der Waals surface area contributed by atoms with Crippen molar-refractivity contribution in [1.82, 2.24) is 20.1 Å². The fourth-order valence-corrected chi connectivity index (χ4v) is 2.02. The summed E-state index contributed by atoms with van der Waals surface area (Å²) < 4.78 is 28.8. The van der Waals surface area contributed by atoms with Gasteiger partial charge in [-0.3, -0.25) is 4.68 Å². The van der Waals surface area contributed by atoms with Gasteiger partial charge in [-0.05, 0) is 12.6 Å². The molecule has 19 heavy (non-hydrogen) atoms. The first-order valence-corrected chi connectivity index (χ1v) is 6.13. The number of halogens is 2. The number of aromatic nitrogens is 3. The van der Waals surface area contributed by atoms with Crippen LogP contribution < -0.4 is 5.32 Å². The van der Waals surface area contributed by atoms with Crippen molar-refractivity contribution in [3.63, 3.8) is 0 Å². The van der Waals surface area contributed by atoms with Crippen LogP contribution in [0.25, 0.3) is 0 Å². The molecule has 1 unspecified atom stereocenters. The van der Waals surface area contributed by atoms with Gasteiger partial charge in [-0.1, -0.05) is 19.1 Å². The van der Waals surface area contributed by atoms with E-state index in [1.807, 2.05) is 6.92 Å². The minimum Gasteiger partial charge on any atom is -0.310 e. The Morgan fingerprint density at radius 1 is 1.37 bits per heavy atom. The Balaban J connectivity index is 2.29. The van der Waals surface area contributed by atoms with Gasteiger partial charge in [0.05, 0.1) is 0 Å². The lowest BCUT2D eigenvalue weighted by Gasteiger charge is -2.18. The topological polar surface area (TPSA) is 42.7 Å². The third-order valence-electron chi connectivity index (χ3n) is 3.00. The van der Waals surface area contributed by atoms with Gasteiger partial charge in [0.1, 0.15) is 12.2 Å². The van der Waals surface area contributed by atoms with Crippen molar-refractivity contribution >= 4 is 0 Å². The summed E-state index contributed by atoms with van der Waals surface area (Å²) >= 11 is 0. The zero-order valence-electron chi connectivity index (χ0n) is 10.9. The third kappa shape index (κ3) is 2.96. The van der Waals surface area contributed by atoms with E-state index in [-0.39, 0.29) is 6.04 Å². The van der Waals surface area contributed by atoms with E-state index in [0.29, 0.717) is 18.5 Å². The molecule has 0 aliphatic heterocycles. The van der Waals surface area contributed by atoms with E-state index in [9.17, 15) is 8.78 Å². The summed E-state index contributed by atoms with van der Waals surface area (Å²) in [5, 5.41) is 7.12. The van der Waals surface area contributed by atoms with Gasteiger partial charge in [0, 0.05) is 25.1 Å². The minimum absolute atomic E-state index is 0.310. The summed E-state index contributed by atoms with van der Waals surface area (Å²) in [6, 6.07) is 3.88. The molecule has 0 aliphatic carbocycles. The molecule has 1 atom stereocenters. The van der Waals surface area contributed by atoms with E-state index in [2.05, 4.69) is 15.4 Å². The molecule has 4 nitrogen and oxygen atoms in total. The molecule has 1 aromatic carbocycles. The lowest BCUT2D eigenvalue weighted by molar-refractivity contribution is 0.457. The molecule has 0 saturated carbocycles. The number of rotatable bonds is 5. The number of nitrogens with zero attached hydrogens (tertiary/aromatic N) is 3. The maximum absolute atomic E-state index is 13.8. The molecule has 0 aliphatic rings. The second kappa shape index (κ2) is 5.88. The average Bonchev–Trinajstić information content (AvgIpc) is 2.78. The van der Waals surface area contributed by atoms with Crippen molar-refractivity contribution in [2.75, 3.05) is 6.54 Å². The van der Waals surface area contributed by atoms with Crippen molar-refractivity contribution in [3.8, 4) is 0 Å². The van der Waals surface area contributed by atoms with Crippen LogP contribution in [0, 0.1) is 11.6 Å². The molecular formula is C13H16F2N4. The van der Waals surface area contributed by atoms with Gasteiger partial charge in [0.15, 0.2) is 11.6 Å². The Hall–Kier alpha value is -1.82. The van der Waals surface area contributed by atoms with E-state index in [1.54, 1.807) is 17.8 Å². The summed E-state index contributed by atoms with van der Waals surface area (Å²) in [5.74, 6) is -0.927. The molecule has 1 heterocycles. The Morgan fingerprint density at radius 2 is 2.16 bits per heavy atom. The van der Waals surface area contributed by atoms with E-state index in [4.69, 9.17) is 0 Å². The number of nitrogens with one attached hydrogen (secondary N) is 1. The van der Waals surface area contributed by atoms with Crippen molar-refractivity contribution in [3.05, 3.63) is 47.5 Å². The van der Waals surface area contributed by atoms with Gasteiger partial charge >= 0.3 is 0 Å². The summed E-state index contributed by atoms with van der Waals surface area (Å²) in [5.41, 5.74) is 0.310. The zero-order valence-corrected chi connectivity index (χ0v) is 10.9. The fraction of sp³-hybridized carbons (Fsp3) is 0.385. The first kappa shape index (κ1) is 13.6. The van der Waals surface area contributed by atoms with Gasteiger partial charge in [-0.25, -0.2) is 13.8 Å². The highest BCUT2D eigenvalue weighted by Gasteiger charge is 2.19. The molecule has 102 valence electrons. The van der Waals surface area contributed by atoms with Crippen LogP contribution in [0.3, 0.4) is 0 Å². The van der Waals surface area contributed by atoms with Crippen LogP contribution in [0.15, 0.2) is 24.5 Å². The molecule has 2 rings (SSSR count). The maximum atomic E-state index is 13.8. The van der Waals surface area contributed by atoms with Crippen molar-refractivity contribution in [1.29, 1.82) is 0 Å². The maximum Gasteiger partial charge on any atom is 0.163 e. The Labute approximate surface area is 110 Å². The lowest BCUT2D eigenvalue weighted by Crippen LogP contribution is -2.25. The van der Waals surface area contributed by atoms with Crippen LogP contribution in [0.4, 0.5) is 8.78 Å². The summed E-state index contributed by atoms with van der Waals surface area (Å²) in [6.45, 7) is 2.57. The van der Waals surface area contributed by atoms with Crippen molar-refractivity contribution in [2.24, 2.45) is 7.05 Å². The molecule has 0 radical (unpaired) electrons. The predicted molar refractivity (Wildman–Crippen MR) is 67.5 cm³/mol. The quantitative estimate of drug-likeness (QED) is 0.900. The molecule has 0 saturated heterocycles. The molecule has 6 heteroatoms. The van der Waals surface area contributed by atoms with Gasteiger partial charge in [0.25, 0.3) is 0 Å². The van der Waals surface area contributed by atoms with Crippen LogP contribution in [-0.4, -0.2) is 21.3 Å². The van der Waals surface area contributed by atoms with Crippen LogP contribution in [0.1, 0.15) is 24.4 Å². The van der Waals surface area contributed by atoms with Crippen LogP contribution >= 0.6 is 0 Å². The Kier molecular flexibility index (Phi) is 4.21.